The lowest BCUT2D eigenvalue weighted by molar-refractivity contribution is 0.471. The highest BCUT2D eigenvalue weighted by Crippen LogP contribution is 2.26. The van der Waals surface area contributed by atoms with E-state index in [0.717, 1.165) is 41.5 Å². The Kier molecular flexibility index (Phi) is 4.34. The highest BCUT2D eigenvalue weighted by molar-refractivity contribution is 5.46. The zero-order valence-electron chi connectivity index (χ0n) is 11.6. The van der Waals surface area contributed by atoms with E-state index in [1.165, 1.54) is 0 Å². The fourth-order valence-corrected chi connectivity index (χ4v) is 1.85. The Bertz CT molecular complexity index is 555. The summed E-state index contributed by atoms with van der Waals surface area (Å²) in [4.78, 5) is 8.65. The molecule has 1 N–H and O–H groups in total. The summed E-state index contributed by atoms with van der Waals surface area (Å²) in [5.74, 6) is 1.52. The third-order valence-corrected chi connectivity index (χ3v) is 2.73. The van der Waals surface area contributed by atoms with Crippen LogP contribution in [0.15, 0.2) is 30.6 Å². The molecule has 4 heteroatoms. The molecule has 0 saturated heterocycles. The summed E-state index contributed by atoms with van der Waals surface area (Å²) in [6.45, 7) is 6.96. The third kappa shape index (κ3) is 3.44. The molecule has 0 aliphatic carbocycles. The van der Waals surface area contributed by atoms with Crippen molar-refractivity contribution in [3.63, 3.8) is 0 Å². The molecule has 100 valence electrons. The van der Waals surface area contributed by atoms with E-state index in [2.05, 4.69) is 22.2 Å². The first-order chi connectivity index (χ1) is 9.22. The lowest BCUT2D eigenvalue weighted by Crippen LogP contribution is -1.99. The minimum atomic E-state index is 0.721. The van der Waals surface area contributed by atoms with Crippen molar-refractivity contribution in [2.24, 2.45) is 0 Å². The van der Waals surface area contributed by atoms with Crippen LogP contribution < -0.4 is 10.1 Å². The normalized spacial score (nSPS) is 10.3. The number of pyridine rings is 2. The van der Waals surface area contributed by atoms with Crippen LogP contribution in [-0.4, -0.2) is 16.5 Å². The predicted molar refractivity (Wildman–Crippen MR) is 76.8 cm³/mol. The predicted octanol–water partition coefficient (Wildman–Crippen LogP) is 3.57. The molecule has 0 saturated carbocycles. The minimum Gasteiger partial charge on any atom is -0.454 e. The average molecular weight is 257 g/mol. The topological polar surface area (TPSA) is 47.0 Å². The van der Waals surface area contributed by atoms with E-state index in [9.17, 15) is 0 Å². The highest BCUT2D eigenvalue weighted by Gasteiger charge is 2.06. The number of ether oxygens (including phenoxy) is 1. The van der Waals surface area contributed by atoms with Gasteiger partial charge in [0.25, 0.3) is 0 Å². The largest absolute Gasteiger partial charge is 0.454 e. The van der Waals surface area contributed by atoms with Crippen molar-refractivity contribution in [1.29, 1.82) is 0 Å². The van der Waals surface area contributed by atoms with Gasteiger partial charge in [-0.25, -0.2) is 0 Å². The average Bonchev–Trinajstić information content (AvgIpc) is 2.41. The Balaban J connectivity index is 2.23. The zero-order chi connectivity index (χ0) is 13.7. The monoisotopic (exact) mass is 257 g/mol. The number of hydrogen-bond acceptors (Lipinski definition) is 4. The summed E-state index contributed by atoms with van der Waals surface area (Å²) >= 11 is 0. The summed E-state index contributed by atoms with van der Waals surface area (Å²) in [6.07, 6.45) is 4.34. The van der Waals surface area contributed by atoms with Gasteiger partial charge in [0.1, 0.15) is 11.5 Å². The Hall–Kier alpha value is -2.10. The molecule has 0 radical (unpaired) electrons. The molecule has 2 rings (SSSR count). The van der Waals surface area contributed by atoms with Gasteiger partial charge < -0.3 is 10.1 Å². The second-order valence-electron chi connectivity index (χ2n) is 4.29. The molecular weight excluding hydrogens is 238 g/mol. The maximum atomic E-state index is 5.88. The van der Waals surface area contributed by atoms with Gasteiger partial charge in [0.2, 0.25) is 0 Å². The van der Waals surface area contributed by atoms with Gasteiger partial charge in [0.05, 0.1) is 23.8 Å². The molecule has 0 aromatic carbocycles. The number of aromatic nitrogens is 2. The Morgan fingerprint density at radius 3 is 2.79 bits per heavy atom. The Morgan fingerprint density at radius 1 is 1.21 bits per heavy atom. The van der Waals surface area contributed by atoms with E-state index < -0.39 is 0 Å². The maximum Gasteiger partial charge on any atom is 0.148 e. The van der Waals surface area contributed by atoms with Crippen LogP contribution in [0.3, 0.4) is 0 Å². The van der Waals surface area contributed by atoms with E-state index in [-0.39, 0.29) is 0 Å². The van der Waals surface area contributed by atoms with E-state index in [0.29, 0.717) is 0 Å². The number of nitrogens with one attached hydrogen (secondary N) is 1. The van der Waals surface area contributed by atoms with Crippen molar-refractivity contribution in [1.82, 2.24) is 9.97 Å². The minimum absolute atomic E-state index is 0.721. The molecule has 0 aliphatic heterocycles. The van der Waals surface area contributed by atoms with Crippen molar-refractivity contribution in [2.45, 2.75) is 27.2 Å². The number of nitrogens with zero attached hydrogens (tertiary/aromatic N) is 2. The van der Waals surface area contributed by atoms with Crippen molar-refractivity contribution in [3.8, 4) is 11.5 Å². The summed E-state index contributed by atoms with van der Waals surface area (Å²) in [6, 6.07) is 5.85. The highest BCUT2D eigenvalue weighted by atomic mass is 16.5. The molecule has 2 aromatic rings. The van der Waals surface area contributed by atoms with Crippen molar-refractivity contribution < 1.29 is 4.74 Å². The van der Waals surface area contributed by atoms with Crippen molar-refractivity contribution >= 4 is 5.69 Å². The van der Waals surface area contributed by atoms with Gasteiger partial charge in [-0.2, -0.15) is 0 Å². The van der Waals surface area contributed by atoms with Gasteiger partial charge in [-0.15, -0.1) is 0 Å². The number of rotatable bonds is 5. The molecule has 4 nitrogen and oxygen atoms in total. The third-order valence-electron chi connectivity index (χ3n) is 2.73. The van der Waals surface area contributed by atoms with E-state index in [4.69, 9.17) is 4.74 Å². The van der Waals surface area contributed by atoms with Crippen LogP contribution in [0.25, 0.3) is 0 Å². The fraction of sp³-hybridized carbons (Fsp3) is 0.333. The molecular formula is C15H19N3O. The summed E-state index contributed by atoms with van der Waals surface area (Å²) in [5.41, 5.74) is 2.93. The van der Waals surface area contributed by atoms with E-state index in [1.54, 1.807) is 12.4 Å². The summed E-state index contributed by atoms with van der Waals surface area (Å²) < 4.78 is 5.88. The SMILES string of the molecule is CCNc1cncc(Oc2ccc(C)nc2CC)c1. The molecule has 0 amide bonds. The van der Waals surface area contributed by atoms with Crippen LogP contribution in [-0.2, 0) is 6.42 Å². The van der Waals surface area contributed by atoms with Gasteiger partial charge in [-0.3, -0.25) is 9.97 Å². The van der Waals surface area contributed by atoms with Crippen LogP contribution in [0.4, 0.5) is 5.69 Å². The number of aryl methyl sites for hydroxylation is 2. The van der Waals surface area contributed by atoms with Gasteiger partial charge in [0, 0.05) is 18.3 Å². The smallest absolute Gasteiger partial charge is 0.148 e. The van der Waals surface area contributed by atoms with E-state index >= 15 is 0 Å². The second-order valence-corrected chi connectivity index (χ2v) is 4.29. The zero-order valence-corrected chi connectivity index (χ0v) is 11.6. The first-order valence-electron chi connectivity index (χ1n) is 6.56. The molecule has 0 aliphatic rings. The van der Waals surface area contributed by atoms with Crippen LogP contribution >= 0.6 is 0 Å². The molecule has 0 spiro atoms. The van der Waals surface area contributed by atoms with Crippen LogP contribution in [0.1, 0.15) is 25.2 Å². The maximum absolute atomic E-state index is 5.88. The standard InChI is InChI=1S/C15H19N3O/c1-4-14-15(7-6-11(3)18-14)19-13-8-12(17-5-2)9-16-10-13/h6-10,17H,4-5H2,1-3H3. The summed E-state index contributed by atoms with van der Waals surface area (Å²) in [5, 5.41) is 3.21. The van der Waals surface area contributed by atoms with Gasteiger partial charge in [0.15, 0.2) is 0 Å². The fourth-order valence-electron chi connectivity index (χ4n) is 1.85. The molecule has 2 heterocycles. The van der Waals surface area contributed by atoms with Gasteiger partial charge in [-0.1, -0.05) is 6.92 Å². The first-order valence-corrected chi connectivity index (χ1v) is 6.56. The molecule has 0 fully saturated rings. The number of hydrogen-bond donors (Lipinski definition) is 1. The van der Waals surface area contributed by atoms with Gasteiger partial charge in [-0.05, 0) is 32.4 Å². The second kappa shape index (κ2) is 6.18. The Morgan fingerprint density at radius 2 is 2.05 bits per heavy atom. The van der Waals surface area contributed by atoms with Crippen molar-refractivity contribution in [2.75, 3.05) is 11.9 Å². The van der Waals surface area contributed by atoms with Crippen LogP contribution in [0, 0.1) is 6.92 Å². The lowest BCUT2D eigenvalue weighted by Gasteiger charge is -2.11. The number of anilines is 1. The van der Waals surface area contributed by atoms with Crippen LogP contribution in [0.5, 0.6) is 11.5 Å². The van der Waals surface area contributed by atoms with Crippen molar-refractivity contribution in [3.05, 3.63) is 42.0 Å². The molecule has 0 atom stereocenters. The van der Waals surface area contributed by atoms with Gasteiger partial charge >= 0.3 is 0 Å². The van der Waals surface area contributed by atoms with E-state index in [1.807, 2.05) is 32.0 Å². The lowest BCUT2D eigenvalue weighted by atomic mass is 10.2. The van der Waals surface area contributed by atoms with Crippen LogP contribution in [0.2, 0.25) is 0 Å². The quantitative estimate of drug-likeness (QED) is 0.889. The molecule has 0 unspecified atom stereocenters. The molecule has 0 bridgehead atoms. The molecule has 2 aromatic heterocycles. The summed E-state index contributed by atoms with van der Waals surface area (Å²) in [7, 11) is 0. The Labute approximate surface area is 113 Å². The first kappa shape index (κ1) is 13.3. The molecule has 19 heavy (non-hydrogen) atoms.